The minimum absolute atomic E-state index is 0.0382. The average molecular weight is 334 g/mol. The van der Waals surface area contributed by atoms with Crippen LogP contribution in [0.15, 0.2) is 18.2 Å². The molecule has 0 aromatic heterocycles. The number of carbonyl (C=O) groups is 2. The van der Waals surface area contributed by atoms with Crippen molar-refractivity contribution in [1.82, 2.24) is 5.32 Å². The first-order valence-corrected chi connectivity index (χ1v) is 6.84. The van der Waals surface area contributed by atoms with Gasteiger partial charge in [0.25, 0.3) is 0 Å². The number of aliphatic carboxylic acids is 1. The summed E-state index contributed by atoms with van der Waals surface area (Å²) < 4.78 is 44.1. The molecule has 9 heteroatoms. The highest BCUT2D eigenvalue weighted by atomic mass is 19.4. The molecule has 2 amide bonds. The third-order valence-electron chi connectivity index (χ3n) is 2.71. The molecule has 0 saturated heterocycles. The van der Waals surface area contributed by atoms with Crippen LogP contribution in [-0.4, -0.2) is 30.3 Å². The molecule has 0 unspecified atom stereocenters. The van der Waals surface area contributed by atoms with Gasteiger partial charge in [0.1, 0.15) is 5.75 Å². The van der Waals surface area contributed by atoms with Gasteiger partial charge in [-0.2, -0.15) is 13.2 Å². The summed E-state index contributed by atoms with van der Waals surface area (Å²) >= 11 is 0. The van der Waals surface area contributed by atoms with Crippen molar-refractivity contribution < 1.29 is 32.6 Å². The first kappa shape index (κ1) is 18.6. The third kappa shape index (κ3) is 6.45. The van der Waals surface area contributed by atoms with E-state index in [1.165, 1.54) is 6.07 Å². The summed E-state index contributed by atoms with van der Waals surface area (Å²) in [4.78, 5) is 21.9. The molecule has 0 aliphatic rings. The topological polar surface area (TPSA) is 87.7 Å². The van der Waals surface area contributed by atoms with Gasteiger partial charge in [0.15, 0.2) is 0 Å². The van der Waals surface area contributed by atoms with E-state index in [4.69, 9.17) is 9.84 Å². The Morgan fingerprint density at radius 2 is 2.00 bits per heavy atom. The van der Waals surface area contributed by atoms with E-state index < -0.39 is 29.4 Å². The van der Waals surface area contributed by atoms with Gasteiger partial charge in [-0.1, -0.05) is 0 Å². The van der Waals surface area contributed by atoms with Gasteiger partial charge < -0.3 is 20.5 Å². The number of rotatable bonds is 7. The summed E-state index contributed by atoms with van der Waals surface area (Å²) in [6.07, 6.45) is -4.62. The molecule has 1 aromatic rings. The Kier molecular flexibility index (Phi) is 6.67. The zero-order chi connectivity index (χ0) is 17.5. The monoisotopic (exact) mass is 334 g/mol. The van der Waals surface area contributed by atoms with Crippen molar-refractivity contribution in [3.05, 3.63) is 23.8 Å². The van der Waals surface area contributed by atoms with Gasteiger partial charge in [-0.15, -0.1) is 0 Å². The fourth-order valence-corrected chi connectivity index (χ4v) is 1.73. The van der Waals surface area contributed by atoms with Gasteiger partial charge in [0.05, 0.1) is 17.9 Å². The number of urea groups is 1. The molecular formula is C14H17F3N2O4. The lowest BCUT2D eigenvalue weighted by molar-refractivity contribution is -0.138. The fraction of sp³-hybridized carbons (Fsp3) is 0.429. The van der Waals surface area contributed by atoms with E-state index in [9.17, 15) is 22.8 Å². The maximum Gasteiger partial charge on any atom is 0.418 e. The van der Waals surface area contributed by atoms with Crippen LogP contribution in [0.5, 0.6) is 5.75 Å². The molecule has 1 aromatic carbocycles. The van der Waals surface area contributed by atoms with Gasteiger partial charge in [0, 0.05) is 13.0 Å². The minimum atomic E-state index is -4.65. The predicted octanol–water partition coefficient (Wildman–Crippen LogP) is 3.09. The van der Waals surface area contributed by atoms with Gasteiger partial charge in [0.2, 0.25) is 0 Å². The molecule has 6 nitrogen and oxygen atoms in total. The van der Waals surface area contributed by atoms with Crippen LogP contribution in [-0.2, 0) is 11.0 Å². The largest absolute Gasteiger partial charge is 0.494 e. The number of nitrogens with one attached hydrogen (secondary N) is 2. The zero-order valence-corrected chi connectivity index (χ0v) is 12.4. The van der Waals surface area contributed by atoms with Crippen molar-refractivity contribution in [1.29, 1.82) is 0 Å². The summed E-state index contributed by atoms with van der Waals surface area (Å²) in [5.41, 5.74) is -1.43. The Morgan fingerprint density at radius 3 is 2.57 bits per heavy atom. The standard InChI is InChI=1S/C14H17F3N2O4/c1-2-23-9-5-6-11(10(8-9)14(15,16)17)19-13(22)18-7-3-4-12(20)21/h5-6,8H,2-4,7H2,1H3,(H,20,21)(H2,18,19,22). The van der Waals surface area contributed by atoms with E-state index in [0.717, 1.165) is 12.1 Å². The number of halogens is 3. The molecule has 0 atom stereocenters. The van der Waals surface area contributed by atoms with E-state index in [1.54, 1.807) is 6.92 Å². The molecule has 0 aliphatic heterocycles. The number of carbonyl (C=O) groups excluding carboxylic acids is 1. The van der Waals surface area contributed by atoms with Crippen molar-refractivity contribution in [2.75, 3.05) is 18.5 Å². The quantitative estimate of drug-likeness (QED) is 0.669. The molecule has 3 N–H and O–H groups in total. The smallest absolute Gasteiger partial charge is 0.418 e. The second-order valence-corrected chi connectivity index (χ2v) is 4.52. The highest BCUT2D eigenvalue weighted by Crippen LogP contribution is 2.37. The molecule has 0 saturated carbocycles. The molecule has 1 rings (SSSR count). The predicted molar refractivity (Wildman–Crippen MR) is 76.5 cm³/mol. The summed E-state index contributed by atoms with van der Waals surface area (Å²) in [6, 6.07) is 2.39. The van der Waals surface area contributed by atoms with Gasteiger partial charge in [-0.05, 0) is 31.5 Å². The van der Waals surface area contributed by atoms with E-state index in [0.29, 0.717) is 0 Å². The number of benzene rings is 1. The molecule has 0 radical (unpaired) electrons. The van der Waals surface area contributed by atoms with E-state index in [-0.39, 0.29) is 31.7 Å². The number of anilines is 1. The summed E-state index contributed by atoms with van der Waals surface area (Å²) in [6.45, 7) is 1.90. The minimum Gasteiger partial charge on any atom is -0.494 e. The van der Waals surface area contributed by atoms with Crippen LogP contribution >= 0.6 is 0 Å². The van der Waals surface area contributed by atoms with Crippen molar-refractivity contribution in [3.63, 3.8) is 0 Å². The summed E-state index contributed by atoms with van der Waals surface area (Å²) in [7, 11) is 0. The lowest BCUT2D eigenvalue weighted by Gasteiger charge is -2.15. The molecule has 0 spiro atoms. The molecule has 0 aliphatic carbocycles. The average Bonchev–Trinajstić information content (AvgIpc) is 2.44. The Bertz CT molecular complexity index is 561. The van der Waals surface area contributed by atoms with Crippen LogP contribution in [0.1, 0.15) is 25.3 Å². The second-order valence-electron chi connectivity index (χ2n) is 4.52. The Hall–Kier alpha value is -2.45. The van der Waals surface area contributed by atoms with Crippen LogP contribution in [0.3, 0.4) is 0 Å². The van der Waals surface area contributed by atoms with Crippen molar-refractivity contribution >= 4 is 17.7 Å². The number of alkyl halides is 3. The third-order valence-corrected chi connectivity index (χ3v) is 2.71. The number of amides is 2. The molecule has 0 fully saturated rings. The van der Waals surface area contributed by atoms with Gasteiger partial charge >= 0.3 is 18.2 Å². The molecule has 0 heterocycles. The summed E-state index contributed by atoms with van der Waals surface area (Å²) in [5, 5.41) is 12.8. The van der Waals surface area contributed by atoms with Crippen LogP contribution in [0, 0.1) is 0 Å². The first-order chi connectivity index (χ1) is 10.7. The SMILES string of the molecule is CCOc1ccc(NC(=O)NCCCC(=O)O)c(C(F)(F)F)c1. The molecule has 23 heavy (non-hydrogen) atoms. The lowest BCUT2D eigenvalue weighted by atomic mass is 10.1. The normalized spacial score (nSPS) is 11.0. The van der Waals surface area contributed by atoms with Gasteiger partial charge in [-0.3, -0.25) is 4.79 Å². The lowest BCUT2D eigenvalue weighted by Crippen LogP contribution is -2.30. The Balaban J connectivity index is 2.74. The Labute approximate surface area is 130 Å². The van der Waals surface area contributed by atoms with Crippen LogP contribution in [0.25, 0.3) is 0 Å². The second kappa shape index (κ2) is 8.25. The molecule has 128 valence electrons. The van der Waals surface area contributed by atoms with Crippen LogP contribution < -0.4 is 15.4 Å². The van der Waals surface area contributed by atoms with E-state index >= 15 is 0 Å². The summed E-state index contributed by atoms with van der Waals surface area (Å²) in [5.74, 6) is -0.967. The first-order valence-electron chi connectivity index (χ1n) is 6.84. The highest BCUT2D eigenvalue weighted by molar-refractivity contribution is 5.90. The number of carboxylic acids is 1. The Morgan fingerprint density at radius 1 is 1.30 bits per heavy atom. The number of hydrogen-bond donors (Lipinski definition) is 3. The fourth-order valence-electron chi connectivity index (χ4n) is 1.73. The number of hydrogen-bond acceptors (Lipinski definition) is 3. The highest BCUT2D eigenvalue weighted by Gasteiger charge is 2.34. The maximum absolute atomic E-state index is 13.0. The zero-order valence-electron chi connectivity index (χ0n) is 12.4. The maximum atomic E-state index is 13.0. The molecular weight excluding hydrogens is 317 g/mol. The van der Waals surface area contributed by atoms with Crippen molar-refractivity contribution in [2.45, 2.75) is 25.9 Å². The molecule has 0 bridgehead atoms. The number of carboxylic acid groups (broad SMARTS) is 1. The van der Waals surface area contributed by atoms with Crippen LogP contribution in [0.2, 0.25) is 0 Å². The van der Waals surface area contributed by atoms with Crippen molar-refractivity contribution in [2.24, 2.45) is 0 Å². The van der Waals surface area contributed by atoms with Gasteiger partial charge in [-0.25, -0.2) is 4.79 Å². The van der Waals surface area contributed by atoms with E-state index in [2.05, 4.69) is 10.6 Å². The number of ether oxygens (including phenoxy) is 1. The van der Waals surface area contributed by atoms with Crippen LogP contribution in [0.4, 0.5) is 23.7 Å². The van der Waals surface area contributed by atoms with Crippen molar-refractivity contribution in [3.8, 4) is 5.75 Å². The van der Waals surface area contributed by atoms with E-state index in [1.807, 2.05) is 0 Å².